The molecular weight excluding hydrogens is 524 g/mol. The molecule has 1 saturated heterocycles. The Hall–Kier alpha value is -3.78. The summed E-state index contributed by atoms with van der Waals surface area (Å²) >= 11 is 3.46. The summed E-state index contributed by atoms with van der Waals surface area (Å²) in [7, 11) is 6.89. The number of methoxy groups -OCH3 is 2. The van der Waals surface area contributed by atoms with Crippen LogP contribution in [0.15, 0.2) is 70.7 Å². The van der Waals surface area contributed by atoms with Gasteiger partial charge in [-0.2, -0.15) is 0 Å². The first-order valence-electron chi connectivity index (χ1n) is 11.2. The van der Waals surface area contributed by atoms with E-state index in [-0.39, 0.29) is 11.3 Å². The summed E-state index contributed by atoms with van der Waals surface area (Å²) in [6, 6.07) is 16.9. The van der Waals surface area contributed by atoms with E-state index in [0.29, 0.717) is 28.3 Å². The molecule has 1 aliphatic rings. The number of ether oxygens (including phenoxy) is 2. The molecule has 0 spiro atoms. The van der Waals surface area contributed by atoms with Gasteiger partial charge < -0.3 is 19.5 Å². The molecule has 3 aromatic rings. The number of hydrogen-bond donors (Lipinski definition) is 1. The molecule has 3 aromatic carbocycles. The molecule has 1 unspecified atom stereocenters. The van der Waals surface area contributed by atoms with E-state index in [0.717, 1.165) is 15.7 Å². The average molecular weight is 551 g/mol. The molecule has 186 valence electrons. The van der Waals surface area contributed by atoms with Crippen LogP contribution in [-0.2, 0) is 9.59 Å². The number of rotatable bonds is 6. The van der Waals surface area contributed by atoms with Gasteiger partial charge in [0.15, 0.2) is 11.5 Å². The van der Waals surface area contributed by atoms with Crippen LogP contribution in [0.3, 0.4) is 0 Å². The maximum Gasteiger partial charge on any atom is 0.300 e. The second kappa shape index (κ2) is 10.1. The minimum atomic E-state index is -0.876. The lowest BCUT2D eigenvalue weighted by molar-refractivity contribution is -0.132. The van der Waals surface area contributed by atoms with Gasteiger partial charge in [-0.15, -0.1) is 0 Å². The average Bonchev–Trinajstić information content (AvgIpc) is 3.15. The lowest BCUT2D eigenvalue weighted by atomic mass is 9.94. The highest BCUT2D eigenvalue weighted by molar-refractivity contribution is 9.10. The molecule has 1 fully saturated rings. The third kappa shape index (κ3) is 4.44. The number of ketones is 1. The van der Waals surface area contributed by atoms with Gasteiger partial charge in [0.05, 0.1) is 25.8 Å². The highest BCUT2D eigenvalue weighted by Gasteiger charge is 2.47. The Kier molecular flexibility index (Phi) is 7.08. The zero-order valence-electron chi connectivity index (χ0n) is 20.7. The van der Waals surface area contributed by atoms with Gasteiger partial charge in [0.25, 0.3) is 11.7 Å². The molecule has 8 heteroatoms. The molecule has 4 rings (SSSR count). The molecule has 0 bridgehead atoms. The second-order valence-electron chi connectivity index (χ2n) is 8.66. The van der Waals surface area contributed by atoms with Crippen molar-refractivity contribution in [3.05, 3.63) is 87.4 Å². The van der Waals surface area contributed by atoms with Gasteiger partial charge >= 0.3 is 0 Å². The van der Waals surface area contributed by atoms with Gasteiger partial charge in [-0.25, -0.2) is 0 Å². The Morgan fingerprint density at radius 1 is 0.944 bits per heavy atom. The topological polar surface area (TPSA) is 79.3 Å². The fourth-order valence-electron chi connectivity index (χ4n) is 4.30. The van der Waals surface area contributed by atoms with Crippen molar-refractivity contribution in [2.45, 2.75) is 13.0 Å². The van der Waals surface area contributed by atoms with Crippen LogP contribution in [0.5, 0.6) is 11.5 Å². The molecule has 1 atom stereocenters. The van der Waals surface area contributed by atoms with Gasteiger partial charge in [-0.3, -0.25) is 14.5 Å². The van der Waals surface area contributed by atoms with Crippen molar-refractivity contribution in [1.82, 2.24) is 0 Å². The van der Waals surface area contributed by atoms with E-state index in [1.807, 2.05) is 38.1 Å². The number of benzene rings is 3. The molecule has 0 radical (unpaired) electrons. The molecule has 1 N–H and O–H groups in total. The van der Waals surface area contributed by atoms with Crippen molar-refractivity contribution in [3.8, 4) is 11.5 Å². The normalized spacial score (nSPS) is 16.8. The number of aliphatic hydroxyl groups is 1. The number of halogens is 1. The molecule has 36 heavy (non-hydrogen) atoms. The van der Waals surface area contributed by atoms with Crippen molar-refractivity contribution in [2.24, 2.45) is 0 Å². The summed E-state index contributed by atoms with van der Waals surface area (Å²) in [6.07, 6.45) is 0. The van der Waals surface area contributed by atoms with Crippen LogP contribution in [0.25, 0.3) is 5.76 Å². The van der Waals surface area contributed by atoms with Gasteiger partial charge in [0, 0.05) is 35.5 Å². The van der Waals surface area contributed by atoms with E-state index in [9.17, 15) is 14.7 Å². The predicted molar refractivity (Wildman–Crippen MR) is 144 cm³/mol. The van der Waals surface area contributed by atoms with Crippen molar-refractivity contribution in [2.75, 3.05) is 38.1 Å². The summed E-state index contributed by atoms with van der Waals surface area (Å²) in [5.41, 5.74) is 3.42. The molecule has 1 aliphatic heterocycles. The van der Waals surface area contributed by atoms with Crippen molar-refractivity contribution in [3.63, 3.8) is 0 Å². The van der Waals surface area contributed by atoms with Crippen molar-refractivity contribution >= 4 is 44.8 Å². The fourth-order valence-corrected chi connectivity index (χ4v) is 4.54. The molecule has 0 saturated carbocycles. The van der Waals surface area contributed by atoms with Crippen LogP contribution in [0, 0.1) is 6.92 Å². The lowest BCUT2D eigenvalue weighted by Gasteiger charge is -2.26. The van der Waals surface area contributed by atoms with Crippen LogP contribution in [0.4, 0.5) is 11.4 Å². The zero-order chi connectivity index (χ0) is 26.1. The first kappa shape index (κ1) is 25.3. The van der Waals surface area contributed by atoms with E-state index in [2.05, 4.69) is 15.9 Å². The molecule has 1 amide bonds. The maximum absolute atomic E-state index is 13.4. The molecule has 1 heterocycles. The number of aliphatic hydroxyl groups excluding tert-OH is 1. The number of carbonyl (C=O) groups excluding carboxylic acids is 2. The molecule has 7 nitrogen and oxygen atoms in total. The Bertz CT molecular complexity index is 1360. The number of amides is 1. The number of hydrogen-bond acceptors (Lipinski definition) is 6. The smallest absolute Gasteiger partial charge is 0.300 e. The highest BCUT2D eigenvalue weighted by atomic mass is 79.9. The SMILES string of the molecule is COc1ccc(C2/C(=C(/O)c3ccc(Br)c(C)c3)C(=O)C(=O)N2c2ccc(N(C)C)cc2)cc1OC. The van der Waals surface area contributed by atoms with Crippen molar-refractivity contribution in [1.29, 1.82) is 0 Å². The van der Waals surface area contributed by atoms with Crippen LogP contribution in [-0.4, -0.2) is 45.1 Å². The largest absolute Gasteiger partial charge is 0.507 e. The Balaban J connectivity index is 1.95. The summed E-state index contributed by atoms with van der Waals surface area (Å²) in [6.45, 7) is 1.89. The molecular formula is C28H27BrN2O5. The molecule has 0 aromatic heterocycles. The van der Waals surface area contributed by atoms with Crippen molar-refractivity contribution < 1.29 is 24.2 Å². The second-order valence-corrected chi connectivity index (χ2v) is 9.51. The monoisotopic (exact) mass is 550 g/mol. The van der Waals surface area contributed by atoms with Crippen LogP contribution >= 0.6 is 15.9 Å². The number of Topliss-reactive ketones (excluding diaryl/α,β-unsaturated/α-hetero) is 1. The van der Waals surface area contributed by atoms with E-state index < -0.39 is 17.7 Å². The van der Waals surface area contributed by atoms with Crippen LogP contribution < -0.4 is 19.3 Å². The quantitative estimate of drug-likeness (QED) is 0.249. The lowest BCUT2D eigenvalue weighted by Crippen LogP contribution is -2.29. The van der Waals surface area contributed by atoms with E-state index >= 15 is 0 Å². The van der Waals surface area contributed by atoms with Crippen LogP contribution in [0.2, 0.25) is 0 Å². The number of aryl methyl sites for hydroxylation is 1. The van der Waals surface area contributed by atoms with E-state index in [1.165, 1.54) is 19.1 Å². The molecule has 0 aliphatic carbocycles. The van der Waals surface area contributed by atoms with Crippen LogP contribution in [0.1, 0.15) is 22.7 Å². The maximum atomic E-state index is 13.4. The Labute approximate surface area is 218 Å². The van der Waals surface area contributed by atoms with E-state index in [4.69, 9.17) is 9.47 Å². The first-order valence-corrected chi connectivity index (χ1v) is 12.0. The minimum absolute atomic E-state index is 0.00521. The van der Waals surface area contributed by atoms with Gasteiger partial charge in [-0.05, 0) is 66.6 Å². The summed E-state index contributed by atoms with van der Waals surface area (Å²) in [4.78, 5) is 30.2. The number of nitrogens with zero attached hydrogens (tertiary/aromatic N) is 2. The predicted octanol–water partition coefficient (Wildman–Crippen LogP) is 5.47. The number of anilines is 2. The van der Waals surface area contributed by atoms with E-state index in [1.54, 1.807) is 48.5 Å². The Morgan fingerprint density at radius 3 is 2.19 bits per heavy atom. The van der Waals surface area contributed by atoms with Gasteiger partial charge in [0.2, 0.25) is 0 Å². The number of carbonyl (C=O) groups is 2. The zero-order valence-corrected chi connectivity index (χ0v) is 22.3. The third-order valence-electron chi connectivity index (χ3n) is 6.24. The summed E-state index contributed by atoms with van der Waals surface area (Å²) in [5.74, 6) is -0.761. The fraction of sp³-hybridized carbons (Fsp3) is 0.214. The van der Waals surface area contributed by atoms with Gasteiger partial charge in [0.1, 0.15) is 5.76 Å². The first-order chi connectivity index (χ1) is 17.2. The van der Waals surface area contributed by atoms with Gasteiger partial charge in [-0.1, -0.05) is 28.1 Å². The third-order valence-corrected chi connectivity index (χ3v) is 7.13. The highest BCUT2D eigenvalue weighted by Crippen LogP contribution is 2.44. The summed E-state index contributed by atoms with van der Waals surface area (Å²) in [5, 5.41) is 11.4. The standard InChI is InChI=1S/C28H27BrN2O5/c1-16-14-18(6-12-21(16)29)26(32)24-25(17-7-13-22(35-4)23(15-17)36-5)31(28(34)27(24)33)20-10-8-19(9-11-20)30(2)3/h6-15,25,32H,1-5H3/b26-24-. The Morgan fingerprint density at radius 2 is 1.61 bits per heavy atom. The minimum Gasteiger partial charge on any atom is -0.507 e. The summed E-state index contributed by atoms with van der Waals surface area (Å²) < 4.78 is 11.7.